The Kier molecular flexibility index (Phi) is 3.96. The monoisotopic (exact) mass is 239 g/mol. The summed E-state index contributed by atoms with van der Waals surface area (Å²) in [7, 11) is 0. The number of amides is 1. The minimum Gasteiger partial charge on any atom is -0.377 e. The zero-order valence-electron chi connectivity index (χ0n) is 9.52. The summed E-state index contributed by atoms with van der Waals surface area (Å²) in [6.07, 6.45) is 1.48. The number of aryl methyl sites for hydroxylation is 1. The summed E-state index contributed by atoms with van der Waals surface area (Å²) < 4.78 is 5.32. The number of ether oxygens (including phenoxy) is 1. The van der Waals surface area contributed by atoms with Crippen LogP contribution in [0.4, 0.5) is 0 Å². The number of rotatable bonds is 3. The molecule has 0 aromatic carbocycles. The molecule has 0 N–H and O–H groups in total. The molecule has 0 saturated carbocycles. The fourth-order valence-corrected chi connectivity index (χ4v) is 2.64. The fourth-order valence-electron chi connectivity index (χ4n) is 1.93. The third-order valence-electron chi connectivity index (χ3n) is 2.85. The highest BCUT2D eigenvalue weighted by molar-refractivity contribution is 7.09. The van der Waals surface area contributed by atoms with Gasteiger partial charge in [-0.3, -0.25) is 4.79 Å². The van der Waals surface area contributed by atoms with Crippen LogP contribution in [0.3, 0.4) is 0 Å². The van der Waals surface area contributed by atoms with Gasteiger partial charge in [-0.1, -0.05) is 6.07 Å². The van der Waals surface area contributed by atoms with Crippen LogP contribution in [0, 0.1) is 0 Å². The topological polar surface area (TPSA) is 29.5 Å². The molecule has 4 heteroatoms. The van der Waals surface area contributed by atoms with Crippen molar-refractivity contribution >= 4 is 17.2 Å². The first-order valence-corrected chi connectivity index (χ1v) is 6.55. The summed E-state index contributed by atoms with van der Waals surface area (Å²) in [4.78, 5) is 15.2. The molecule has 2 rings (SSSR count). The van der Waals surface area contributed by atoms with Crippen molar-refractivity contribution in [3.8, 4) is 0 Å². The van der Waals surface area contributed by atoms with Gasteiger partial charge >= 0.3 is 0 Å². The first-order valence-electron chi connectivity index (χ1n) is 5.67. The molecule has 3 nitrogen and oxygen atoms in total. The number of morpholine rings is 1. The first-order chi connectivity index (χ1) is 7.77. The highest BCUT2D eigenvalue weighted by Gasteiger charge is 2.23. The van der Waals surface area contributed by atoms with Crippen LogP contribution in [0.5, 0.6) is 0 Å². The molecular weight excluding hydrogens is 222 g/mol. The van der Waals surface area contributed by atoms with Crippen molar-refractivity contribution in [3.05, 3.63) is 22.4 Å². The number of carbonyl (C=O) groups excluding carboxylic acids is 1. The second kappa shape index (κ2) is 5.46. The van der Waals surface area contributed by atoms with Gasteiger partial charge in [-0.15, -0.1) is 11.3 Å². The lowest BCUT2D eigenvalue weighted by atomic mass is 10.2. The van der Waals surface area contributed by atoms with Crippen molar-refractivity contribution < 1.29 is 9.53 Å². The minimum atomic E-state index is 0.226. The molecular formula is C12H17NO2S. The van der Waals surface area contributed by atoms with E-state index < -0.39 is 0 Å². The molecule has 1 fully saturated rings. The summed E-state index contributed by atoms with van der Waals surface area (Å²) in [5.41, 5.74) is 0. The van der Waals surface area contributed by atoms with Gasteiger partial charge in [-0.05, 0) is 24.8 Å². The van der Waals surface area contributed by atoms with E-state index in [-0.39, 0.29) is 11.9 Å². The minimum absolute atomic E-state index is 0.226. The molecule has 1 atom stereocenters. The normalized spacial score (nSPS) is 21.1. The van der Waals surface area contributed by atoms with Gasteiger partial charge in [0.05, 0.1) is 19.3 Å². The second-order valence-electron chi connectivity index (χ2n) is 4.09. The van der Waals surface area contributed by atoms with Gasteiger partial charge in [-0.25, -0.2) is 0 Å². The van der Waals surface area contributed by atoms with Crippen LogP contribution < -0.4 is 0 Å². The third-order valence-corrected chi connectivity index (χ3v) is 3.79. The molecule has 16 heavy (non-hydrogen) atoms. The molecule has 88 valence electrons. The number of nitrogens with zero attached hydrogens (tertiary/aromatic N) is 1. The molecule has 1 amide bonds. The van der Waals surface area contributed by atoms with E-state index in [1.54, 1.807) is 11.3 Å². The number of carbonyl (C=O) groups is 1. The lowest BCUT2D eigenvalue weighted by molar-refractivity contribution is -0.139. The van der Waals surface area contributed by atoms with E-state index in [4.69, 9.17) is 4.74 Å². The Morgan fingerprint density at radius 1 is 1.69 bits per heavy atom. The van der Waals surface area contributed by atoms with Gasteiger partial charge in [0.15, 0.2) is 0 Å². The smallest absolute Gasteiger partial charge is 0.223 e. The average molecular weight is 239 g/mol. The zero-order valence-corrected chi connectivity index (χ0v) is 10.3. The molecule has 1 aliphatic rings. The molecule has 0 unspecified atom stereocenters. The van der Waals surface area contributed by atoms with Crippen LogP contribution in [0.1, 0.15) is 18.2 Å². The van der Waals surface area contributed by atoms with E-state index in [1.807, 2.05) is 17.9 Å². The van der Waals surface area contributed by atoms with Gasteiger partial charge in [0.25, 0.3) is 0 Å². The summed E-state index contributed by atoms with van der Waals surface area (Å²) >= 11 is 1.72. The molecule has 2 heterocycles. The van der Waals surface area contributed by atoms with Gasteiger partial charge in [0.2, 0.25) is 5.91 Å². The van der Waals surface area contributed by atoms with Gasteiger partial charge < -0.3 is 9.64 Å². The van der Waals surface area contributed by atoms with Crippen LogP contribution in [-0.2, 0) is 16.0 Å². The van der Waals surface area contributed by atoms with E-state index in [9.17, 15) is 4.79 Å². The van der Waals surface area contributed by atoms with Crippen LogP contribution in [0.25, 0.3) is 0 Å². The summed E-state index contributed by atoms with van der Waals surface area (Å²) in [6.45, 7) is 4.13. The molecule has 0 aliphatic carbocycles. The predicted octanol–water partition coefficient (Wildman–Crippen LogP) is 1.93. The number of hydrogen-bond donors (Lipinski definition) is 0. The molecule has 0 spiro atoms. The van der Waals surface area contributed by atoms with Crippen molar-refractivity contribution in [2.24, 2.45) is 0 Å². The number of hydrogen-bond acceptors (Lipinski definition) is 3. The molecule has 1 aromatic rings. The van der Waals surface area contributed by atoms with Crippen LogP contribution in [0.2, 0.25) is 0 Å². The van der Waals surface area contributed by atoms with Crippen molar-refractivity contribution in [2.75, 3.05) is 19.8 Å². The zero-order chi connectivity index (χ0) is 11.4. The highest BCUT2D eigenvalue weighted by atomic mass is 32.1. The van der Waals surface area contributed by atoms with Gasteiger partial charge in [0.1, 0.15) is 0 Å². The maximum atomic E-state index is 12.0. The van der Waals surface area contributed by atoms with Crippen LogP contribution >= 0.6 is 11.3 Å². The van der Waals surface area contributed by atoms with Crippen molar-refractivity contribution in [2.45, 2.75) is 25.8 Å². The van der Waals surface area contributed by atoms with Crippen LogP contribution in [-0.4, -0.2) is 36.6 Å². The number of thiophene rings is 1. The summed E-state index contributed by atoms with van der Waals surface area (Å²) in [5, 5.41) is 2.05. The Balaban J connectivity index is 1.83. The van der Waals surface area contributed by atoms with Crippen molar-refractivity contribution in [1.29, 1.82) is 0 Å². The van der Waals surface area contributed by atoms with Crippen LogP contribution in [0.15, 0.2) is 17.5 Å². The second-order valence-corrected chi connectivity index (χ2v) is 5.12. The Hall–Kier alpha value is -0.870. The lowest BCUT2D eigenvalue weighted by Gasteiger charge is -2.33. The molecule has 1 saturated heterocycles. The maximum Gasteiger partial charge on any atom is 0.223 e. The van der Waals surface area contributed by atoms with E-state index >= 15 is 0 Å². The van der Waals surface area contributed by atoms with Gasteiger partial charge in [0, 0.05) is 17.8 Å². The molecule has 0 bridgehead atoms. The van der Waals surface area contributed by atoms with E-state index in [0.717, 1.165) is 13.0 Å². The van der Waals surface area contributed by atoms with E-state index in [1.165, 1.54) is 4.88 Å². The van der Waals surface area contributed by atoms with E-state index in [0.29, 0.717) is 19.6 Å². The Bertz CT molecular complexity index is 337. The fraction of sp³-hybridized carbons (Fsp3) is 0.583. The molecule has 0 radical (unpaired) electrons. The largest absolute Gasteiger partial charge is 0.377 e. The average Bonchev–Trinajstić information content (AvgIpc) is 2.79. The Labute approximate surface area is 100 Å². The summed E-state index contributed by atoms with van der Waals surface area (Å²) in [5.74, 6) is 0.254. The SMILES string of the molecule is C[C@H]1COCCN1C(=O)CCc1cccs1. The predicted molar refractivity (Wildman–Crippen MR) is 64.6 cm³/mol. The molecule has 1 aromatic heterocycles. The maximum absolute atomic E-state index is 12.0. The van der Waals surface area contributed by atoms with Gasteiger partial charge in [-0.2, -0.15) is 0 Å². The first kappa shape index (κ1) is 11.6. The van der Waals surface area contributed by atoms with Crippen molar-refractivity contribution in [1.82, 2.24) is 4.90 Å². The Morgan fingerprint density at radius 3 is 3.25 bits per heavy atom. The third kappa shape index (κ3) is 2.83. The quantitative estimate of drug-likeness (QED) is 0.806. The Morgan fingerprint density at radius 2 is 2.56 bits per heavy atom. The van der Waals surface area contributed by atoms with Crippen molar-refractivity contribution in [3.63, 3.8) is 0 Å². The highest BCUT2D eigenvalue weighted by Crippen LogP contribution is 2.14. The van der Waals surface area contributed by atoms with E-state index in [2.05, 4.69) is 11.4 Å². The lowest BCUT2D eigenvalue weighted by Crippen LogP contribution is -2.47. The summed E-state index contributed by atoms with van der Waals surface area (Å²) in [6, 6.07) is 4.34. The standard InChI is InChI=1S/C12H17NO2S/c1-10-9-15-7-6-13(10)12(14)5-4-11-3-2-8-16-11/h2-3,8,10H,4-7,9H2,1H3/t10-/m0/s1. The molecule has 1 aliphatic heterocycles.